The number of nitrogens with zero attached hydrogens (tertiary/aromatic N) is 1. The lowest BCUT2D eigenvalue weighted by atomic mass is 10.1. The van der Waals surface area contributed by atoms with Gasteiger partial charge in [0.15, 0.2) is 0 Å². The molecule has 2 aliphatic rings. The van der Waals surface area contributed by atoms with Crippen LogP contribution in [-0.4, -0.2) is 62.4 Å². The molecule has 0 saturated carbocycles. The lowest BCUT2D eigenvalue weighted by molar-refractivity contribution is -0.120. The van der Waals surface area contributed by atoms with Crippen LogP contribution in [-0.2, 0) is 14.3 Å². The molecule has 0 bridgehead atoms. The summed E-state index contributed by atoms with van der Waals surface area (Å²) in [5.74, 6) is 0.0640. The van der Waals surface area contributed by atoms with E-state index in [0.29, 0.717) is 25.9 Å². The van der Waals surface area contributed by atoms with E-state index in [1.807, 2.05) is 0 Å². The van der Waals surface area contributed by atoms with E-state index in [4.69, 9.17) is 9.47 Å². The fourth-order valence-electron chi connectivity index (χ4n) is 2.56. The van der Waals surface area contributed by atoms with E-state index in [9.17, 15) is 4.79 Å². The maximum atomic E-state index is 11.0. The minimum atomic E-state index is 0.0640. The second-order valence-electron chi connectivity index (χ2n) is 4.87. The zero-order valence-corrected chi connectivity index (χ0v) is 10.5. The number of piperidine rings is 1. The predicted octanol–water partition coefficient (Wildman–Crippen LogP) is 0.00230. The van der Waals surface area contributed by atoms with Gasteiger partial charge in [0.2, 0.25) is 5.91 Å². The highest BCUT2D eigenvalue weighted by molar-refractivity contribution is 5.73. The third-order valence-corrected chi connectivity index (χ3v) is 3.26. The largest absolute Gasteiger partial charge is 0.376 e. The molecule has 5 heteroatoms. The zero-order valence-electron chi connectivity index (χ0n) is 10.5. The molecule has 2 atom stereocenters. The van der Waals surface area contributed by atoms with Gasteiger partial charge in [0.1, 0.15) is 0 Å². The van der Waals surface area contributed by atoms with Crippen LogP contribution in [0.1, 0.15) is 19.8 Å². The molecule has 98 valence electrons. The van der Waals surface area contributed by atoms with Crippen molar-refractivity contribution in [2.45, 2.75) is 31.9 Å². The maximum Gasteiger partial charge on any atom is 0.217 e. The van der Waals surface area contributed by atoms with E-state index < -0.39 is 0 Å². The van der Waals surface area contributed by atoms with Crippen molar-refractivity contribution in [3.63, 3.8) is 0 Å². The summed E-state index contributed by atoms with van der Waals surface area (Å²) in [6, 6.07) is 0.297. The van der Waals surface area contributed by atoms with Crippen molar-refractivity contribution in [2.75, 3.05) is 39.5 Å². The molecular weight excluding hydrogens is 220 g/mol. The van der Waals surface area contributed by atoms with Crippen molar-refractivity contribution >= 4 is 5.91 Å². The highest BCUT2D eigenvalue weighted by atomic mass is 16.6. The normalized spacial score (nSPS) is 31.1. The Morgan fingerprint density at radius 3 is 3.06 bits per heavy atom. The Labute approximate surface area is 102 Å². The molecule has 2 heterocycles. The summed E-state index contributed by atoms with van der Waals surface area (Å²) in [5.41, 5.74) is 0. The molecule has 5 nitrogen and oxygen atoms in total. The van der Waals surface area contributed by atoms with Crippen LogP contribution >= 0.6 is 0 Å². The van der Waals surface area contributed by atoms with E-state index in [0.717, 1.165) is 32.5 Å². The van der Waals surface area contributed by atoms with Gasteiger partial charge in [-0.15, -0.1) is 0 Å². The van der Waals surface area contributed by atoms with Crippen LogP contribution in [0.5, 0.6) is 0 Å². The number of hydrogen-bond donors (Lipinski definition) is 1. The van der Waals surface area contributed by atoms with Gasteiger partial charge in [-0.1, -0.05) is 0 Å². The SMILES string of the molecule is CC(=O)NC1CCCN(CC2COCCO2)C1. The van der Waals surface area contributed by atoms with Gasteiger partial charge >= 0.3 is 0 Å². The molecule has 0 aromatic heterocycles. The molecule has 2 fully saturated rings. The molecule has 17 heavy (non-hydrogen) atoms. The molecule has 0 spiro atoms. The molecule has 2 rings (SSSR count). The predicted molar refractivity (Wildman–Crippen MR) is 63.8 cm³/mol. The van der Waals surface area contributed by atoms with Crippen LogP contribution in [0.25, 0.3) is 0 Å². The number of ether oxygens (including phenoxy) is 2. The highest BCUT2D eigenvalue weighted by Gasteiger charge is 2.24. The van der Waals surface area contributed by atoms with Crippen molar-refractivity contribution in [2.24, 2.45) is 0 Å². The molecule has 0 radical (unpaired) electrons. The summed E-state index contributed by atoms with van der Waals surface area (Å²) in [5, 5.41) is 3.00. The average molecular weight is 242 g/mol. The summed E-state index contributed by atoms with van der Waals surface area (Å²) in [7, 11) is 0. The van der Waals surface area contributed by atoms with Crippen LogP contribution in [0, 0.1) is 0 Å². The van der Waals surface area contributed by atoms with Gasteiger partial charge in [0.25, 0.3) is 0 Å². The summed E-state index contributed by atoms with van der Waals surface area (Å²) in [4.78, 5) is 13.4. The third kappa shape index (κ3) is 4.26. The van der Waals surface area contributed by atoms with Gasteiger partial charge in [-0.2, -0.15) is 0 Å². The van der Waals surface area contributed by atoms with Gasteiger partial charge in [-0.3, -0.25) is 9.69 Å². The van der Waals surface area contributed by atoms with E-state index in [-0.39, 0.29) is 12.0 Å². The average Bonchev–Trinajstić information content (AvgIpc) is 2.30. The van der Waals surface area contributed by atoms with Crippen molar-refractivity contribution < 1.29 is 14.3 Å². The standard InChI is InChI=1S/C12H22N2O3/c1-10(15)13-11-3-2-4-14(7-11)8-12-9-16-5-6-17-12/h11-12H,2-9H2,1H3,(H,13,15). The van der Waals surface area contributed by atoms with Crippen LogP contribution in [0.4, 0.5) is 0 Å². The van der Waals surface area contributed by atoms with Crippen LogP contribution in [0.3, 0.4) is 0 Å². The Hall–Kier alpha value is -0.650. The molecule has 1 N–H and O–H groups in total. The zero-order chi connectivity index (χ0) is 12.1. The number of likely N-dealkylation sites (tertiary alicyclic amines) is 1. The topological polar surface area (TPSA) is 50.8 Å². The van der Waals surface area contributed by atoms with E-state index in [1.165, 1.54) is 0 Å². The number of nitrogens with one attached hydrogen (secondary N) is 1. The molecule has 2 aliphatic heterocycles. The fraction of sp³-hybridized carbons (Fsp3) is 0.917. The molecular formula is C12H22N2O3. The smallest absolute Gasteiger partial charge is 0.217 e. The summed E-state index contributed by atoms with van der Waals surface area (Å²) >= 11 is 0. The first-order chi connectivity index (χ1) is 8.24. The van der Waals surface area contributed by atoms with Crippen LogP contribution in [0.2, 0.25) is 0 Å². The Morgan fingerprint density at radius 1 is 1.47 bits per heavy atom. The van der Waals surface area contributed by atoms with E-state index >= 15 is 0 Å². The molecule has 0 aromatic rings. The van der Waals surface area contributed by atoms with E-state index in [2.05, 4.69) is 10.2 Å². The molecule has 0 aromatic carbocycles. The second kappa shape index (κ2) is 6.33. The molecule has 0 aliphatic carbocycles. The Morgan fingerprint density at radius 2 is 2.35 bits per heavy atom. The summed E-state index contributed by atoms with van der Waals surface area (Å²) in [6.07, 6.45) is 2.41. The first-order valence-electron chi connectivity index (χ1n) is 6.43. The Balaban J connectivity index is 1.74. The first kappa shape index (κ1) is 12.8. The molecule has 2 unspecified atom stereocenters. The van der Waals surface area contributed by atoms with Gasteiger partial charge in [-0.25, -0.2) is 0 Å². The number of carbonyl (C=O) groups is 1. The first-order valence-corrected chi connectivity index (χ1v) is 6.43. The van der Waals surface area contributed by atoms with Crippen molar-refractivity contribution in [1.82, 2.24) is 10.2 Å². The van der Waals surface area contributed by atoms with Crippen molar-refractivity contribution in [1.29, 1.82) is 0 Å². The fourth-order valence-corrected chi connectivity index (χ4v) is 2.56. The number of rotatable bonds is 3. The van der Waals surface area contributed by atoms with Gasteiger partial charge in [-0.05, 0) is 19.4 Å². The summed E-state index contributed by atoms with van der Waals surface area (Å²) < 4.78 is 11.0. The monoisotopic (exact) mass is 242 g/mol. The minimum Gasteiger partial charge on any atom is -0.376 e. The lowest BCUT2D eigenvalue weighted by Crippen LogP contribution is -2.50. The molecule has 1 amide bonds. The highest BCUT2D eigenvalue weighted by Crippen LogP contribution is 2.12. The lowest BCUT2D eigenvalue weighted by Gasteiger charge is -2.35. The number of hydrogen-bond acceptors (Lipinski definition) is 4. The number of amides is 1. The van der Waals surface area contributed by atoms with Crippen molar-refractivity contribution in [3.8, 4) is 0 Å². The van der Waals surface area contributed by atoms with Gasteiger partial charge < -0.3 is 14.8 Å². The number of carbonyl (C=O) groups excluding carboxylic acids is 1. The Bertz CT molecular complexity index is 254. The quantitative estimate of drug-likeness (QED) is 0.757. The maximum absolute atomic E-state index is 11.0. The minimum absolute atomic E-state index is 0.0640. The van der Waals surface area contributed by atoms with Crippen molar-refractivity contribution in [3.05, 3.63) is 0 Å². The van der Waals surface area contributed by atoms with Crippen LogP contribution in [0.15, 0.2) is 0 Å². The van der Waals surface area contributed by atoms with Gasteiger partial charge in [0.05, 0.1) is 25.9 Å². The van der Waals surface area contributed by atoms with Gasteiger partial charge in [0, 0.05) is 26.1 Å². The Kier molecular flexibility index (Phi) is 4.76. The van der Waals surface area contributed by atoms with Crippen LogP contribution < -0.4 is 5.32 Å². The summed E-state index contributed by atoms with van der Waals surface area (Å²) in [6.45, 7) is 6.63. The molecule has 2 saturated heterocycles. The van der Waals surface area contributed by atoms with E-state index in [1.54, 1.807) is 6.92 Å². The third-order valence-electron chi connectivity index (χ3n) is 3.26. The second-order valence-corrected chi connectivity index (χ2v) is 4.87.